The topological polar surface area (TPSA) is 12.0 Å². The Hall–Kier alpha value is -1.12. The van der Waals surface area contributed by atoms with Crippen molar-refractivity contribution in [2.45, 2.75) is 59.0 Å². The maximum atomic E-state index is 3.73. The summed E-state index contributed by atoms with van der Waals surface area (Å²) in [6.07, 6.45) is 3.48. The van der Waals surface area contributed by atoms with E-state index >= 15 is 0 Å². The van der Waals surface area contributed by atoms with E-state index in [1.165, 1.54) is 27.3 Å². The van der Waals surface area contributed by atoms with Crippen LogP contribution in [0.15, 0.2) is 36.4 Å². The summed E-state index contributed by atoms with van der Waals surface area (Å²) in [6.45, 7) is 8.93. The molecule has 114 valence electrons. The van der Waals surface area contributed by atoms with Crippen LogP contribution in [0.2, 0.25) is 0 Å². The summed E-state index contributed by atoms with van der Waals surface area (Å²) >= 11 is 1.91. The molecule has 0 spiro atoms. The molecule has 0 radical (unpaired) electrons. The van der Waals surface area contributed by atoms with E-state index in [-0.39, 0.29) is 0 Å². The molecule has 0 aliphatic carbocycles. The summed E-state index contributed by atoms with van der Waals surface area (Å²) in [6, 6.07) is 14.4. The van der Waals surface area contributed by atoms with Crippen molar-refractivity contribution in [1.29, 1.82) is 0 Å². The summed E-state index contributed by atoms with van der Waals surface area (Å²) in [5.74, 6) is 0. The van der Waals surface area contributed by atoms with Crippen molar-refractivity contribution in [1.82, 2.24) is 5.32 Å². The van der Waals surface area contributed by atoms with E-state index in [2.05, 4.69) is 69.4 Å². The number of rotatable bonds is 7. The zero-order chi connectivity index (χ0) is 15.2. The van der Waals surface area contributed by atoms with E-state index in [0.29, 0.717) is 12.1 Å². The molecule has 0 saturated carbocycles. The SMILES string of the molecule is Cc1cccc(CCC(C)NC(C)Cc2ccc(C)s2)c1. The van der Waals surface area contributed by atoms with Gasteiger partial charge in [-0.1, -0.05) is 29.8 Å². The Morgan fingerprint density at radius 1 is 1.05 bits per heavy atom. The lowest BCUT2D eigenvalue weighted by atomic mass is 10.0. The molecule has 0 aliphatic heterocycles. The quantitative estimate of drug-likeness (QED) is 0.766. The normalized spacial score (nSPS) is 14.1. The van der Waals surface area contributed by atoms with Gasteiger partial charge in [0.25, 0.3) is 0 Å². The molecular weight excluding hydrogens is 274 g/mol. The third-order valence-corrected chi connectivity index (χ3v) is 4.84. The largest absolute Gasteiger partial charge is 0.311 e. The summed E-state index contributed by atoms with van der Waals surface area (Å²) in [7, 11) is 0. The first-order valence-corrected chi connectivity index (χ1v) is 8.71. The minimum Gasteiger partial charge on any atom is -0.311 e. The maximum absolute atomic E-state index is 3.73. The van der Waals surface area contributed by atoms with Gasteiger partial charge in [0, 0.05) is 21.8 Å². The van der Waals surface area contributed by atoms with Crippen molar-refractivity contribution in [3.8, 4) is 0 Å². The van der Waals surface area contributed by atoms with Crippen LogP contribution in [0.5, 0.6) is 0 Å². The highest BCUT2D eigenvalue weighted by molar-refractivity contribution is 7.11. The van der Waals surface area contributed by atoms with Crippen molar-refractivity contribution in [3.05, 3.63) is 57.3 Å². The lowest BCUT2D eigenvalue weighted by molar-refractivity contribution is 0.445. The Morgan fingerprint density at radius 2 is 1.86 bits per heavy atom. The third-order valence-electron chi connectivity index (χ3n) is 3.82. The Bertz CT molecular complexity index is 558. The van der Waals surface area contributed by atoms with Crippen molar-refractivity contribution in [2.75, 3.05) is 0 Å². The smallest absolute Gasteiger partial charge is 0.00894 e. The zero-order valence-electron chi connectivity index (χ0n) is 13.6. The molecule has 1 nitrogen and oxygen atoms in total. The number of thiophene rings is 1. The van der Waals surface area contributed by atoms with Gasteiger partial charge in [-0.15, -0.1) is 11.3 Å². The van der Waals surface area contributed by atoms with Crippen LogP contribution in [0.4, 0.5) is 0 Å². The zero-order valence-corrected chi connectivity index (χ0v) is 14.5. The highest BCUT2D eigenvalue weighted by Crippen LogP contribution is 2.17. The van der Waals surface area contributed by atoms with Gasteiger partial charge >= 0.3 is 0 Å². The molecule has 2 unspecified atom stereocenters. The molecule has 21 heavy (non-hydrogen) atoms. The fourth-order valence-corrected chi connectivity index (χ4v) is 3.79. The Kier molecular flexibility index (Phi) is 6.01. The van der Waals surface area contributed by atoms with Crippen molar-refractivity contribution < 1.29 is 0 Å². The van der Waals surface area contributed by atoms with Crippen molar-refractivity contribution in [2.24, 2.45) is 0 Å². The predicted molar refractivity (Wildman–Crippen MR) is 94.3 cm³/mol. The van der Waals surface area contributed by atoms with Crippen LogP contribution in [0.25, 0.3) is 0 Å². The Labute approximate surface area is 133 Å². The molecular formula is C19H27NS. The van der Waals surface area contributed by atoms with Gasteiger partial charge in [-0.2, -0.15) is 0 Å². The van der Waals surface area contributed by atoms with E-state index in [1.807, 2.05) is 11.3 Å². The van der Waals surface area contributed by atoms with Crippen LogP contribution in [0, 0.1) is 13.8 Å². The lowest BCUT2D eigenvalue weighted by Gasteiger charge is -2.19. The molecule has 0 aliphatic rings. The van der Waals surface area contributed by atoms with Gasteiger partial charge in [0.15, 0.2) is 0 Å². The van der Waals surface area contributed by atoms with Gasteiger partial charge in [-0.3, -0.25) is 0 Å². The minimum atomic E-state index is 0.538. The molecule has 1 heterocycles. The molecule has 0 bridgehead atoms. The number of benzene rings is 1. The second-order valence-corrected chi connectivity index (χ2v) is 7.59. The number of aryl methyl sites for hydroxylation is 3. The maximum Gasteiger partial charge on any atom is 0.00894 e. The van der Waals surface area contributed by atoms with E-state index < -0.39 is 0 Å². The van der Waals surface area contributed by atoms with Gasteiger partial charge in [0.2, 0.25) is 0 Å². The monoisotopic (exact) mass is 301 g/mol. The molecule has 0 amide bonds. The lowest BCUT2D eigenvalue weighted by Crippen LogP contribution is -2.36. The molecule has 2 aromatic rings. The van der Waals surface area contributed by atoms with Gasteiger partial charge in [0.1, 0.15) is 0 Å². The van der Waals surface area contributed by atoms with Crippen LogP contribution in [0.1, 0.15) is 41.1 Å². The van der Waals surface area contributed by atoms with Gasteiger partial charge < -0.3 is 5.32 Å². The van der Waals surface area contributed by atoms with E-state index in [1.54, 1.807) is 0 Å². The highest BCUT2D eigenvalue weighted by Gasteiger charge is 2.09. The Morgan fingerprint density at radius 3 is 2.52 bits per heavy atom. The van der Waals surface area contributed by atoms with E-state index in [4.69, 9.17) is 0 Å². The van der Waals surface area contributed by atoms with Crippen LogP contribution in [0.3, 0.4) is 0 Å². The van der Waals surface area contributed by atoms with Gasteiger partial charge in [-0.25, -0.2) is 0 Å². The first-order valence-electron chi connectivity index (χ1n) is 7.90. The number of hydrogen-bond acceptors (Lipinski definition) is 2. The number of hydrogen-bond donors (Lipinski definition) is 1. The molecule has 0 saturated heterocycles. The van der Waals surface area contributed by atoms with E-state index in [9.17, 15) is 0 Å². The van der Waals surface area contributed by atoms with Crippen LogP contribution in [-0.4, -0.2) is 12.1 Å². The molecule has 2 heteroatoms. The van der Waals surface area contributed by atoms with Gasteiger partial charge in [0.05, 0.1) is 0 Å². The van der Waals surface area contributed by atoms with Crippen LogP contribution in [-0.2, 0) is 12.8 Å². The van der Waals surface area contributed by atoms with Gasteiger partial charge in [-0.05, 0) is 64.7 Å². The summed E-state index contributed by atoms with van der Waals surface area (Å²) in [5.41, 5.74) is 2.81. The average molecular weight is 301 g/mol. The number of nitrogens with one attached hydrogen (secondary N) is 1. The third kappa shape index (κ3) is 5.64. The summed E-state index contributed by atoms with van der Waals surface area (Å²) in [4.78, 5) is 2.89. The summed E-state index contributed by atoms with van der Waals surface area (Å²) in [5, 5.41) is 3.73. The van der Waals surface area contributed by atoms with Crippen molar-refractivity contribution >= 4 is 11.3 Å². The summed E-state index contributed by atoms with van der Waals surface area (Å²) < 4.78 is 0. The second kappa shape index (κ2) is 7.77. The van der Waals surface area contributed by atoms with E-state index in [0.717, 1.165) is 12.8 Å². The molecule has 0 fully saturated rings. The molecule has 1 aromatic heterocycles. The first kappa shape index (κ1) is 16.3. The molecule has 2 atom stereocenters. The molecule has 1 aromatic carbocycles. The first-order chi connectivity index (χ1) is 10.0. The van der Waals surface area contributed by atoms with Crippen molar-refractivity contribution in [3.63, 3.8) is 0 Å². The standard InChI is InChI=1S/C19H27NS/c1-14-6-5-7-18(12-14)10-8-15(2)20-16(3)13-19-11-9-17(4)21-19/h5-7,9,11-12,15-16,20H,8,10,13H2,1-4H3. The predicted octanol–water partition coefficient (Wildman–Crippen LogP) is 4.91. The Balaban J connectivity index is 1.74. The highest BCUT2D eigenvalue weighted by atomic mass is 32.1. The van der Waals surface area contributed by atoms with Crippen LogP contribution >= 0.6 is 11.3 Å². The fourth-order valence-electron chi connectivity index (χ4n) is 2.78. The minimum absolute atomic E-state index is 0.538. The second-order valence-electron chi connectivity index (χ2n) is 6.21. The van der Waals surface area contributed by atoms with Crippen LogP contribution < -0.4 is 5.32 Å². The molecule has 2 rings (SSSR count). The average Bonchev–Trinajstić information content (AvgIpc) is 2.81. The fraction of sp³-hybridized carbons (Fsp3) is 0.474. The molecule has 1 N–H and O–H groups in total.